The Morgan fingerprint density at radius 3 is 1.96 bits per heavy atom. The lowest BCUT2D eigenvalue weighted by Gasteiger charge is -2.44. The fourth-order valence-electron chi connectivity index (χ4n) is 2.17. The van der Waals surface area contributed by atoms with Gasteiger partial charge in [0.25, 0.3) is 0 Å². The normalized spacial score (nSPS) is 29.3. The van der Waals surface area contributed by atoms with Crippen LogP contribution in [-0.2, 0) is 42.9 Å². The van der Waals surface area contributed by atoms with Gasteiger partial charge >= 0.3 is 23.9 Å². The molecule has 0 bridgehead atoms. The van der Waals surface area contributed by atoms with Gasteiger partial charge in [0, 0.05) is 27.7 Å². The second kappa shape index (κ2) is 8.06. The van der Waals surface area contributed by atoms with Crippen molar-refractivity contribution in [2.45, 2.75) is 51.8 Å². The number of carbonyl (C=O) groups excluding carboxylic acids is 4. The van der Waals surface area contributed by atoms with Gasteiger partial charge in [-0.1, -0.05) is 0 Å². The van der Waals surface area contributed by atoms with Crippen LogP contribution in [0.15, 0.2) is 0 Å². The highest BCUT2D eigenvalue weighted by atomic mass is 16.7. The van der Waals surface area contributed by atoms with Crippen LogP contribution in [0, 0.1) is 0 Å². The molecule has 0 spiro atoms. The van der Waals surface area contributed by atoms with Crippen molar-refractivity contribution in [1.82, 2.24) is 0 Å². The average Bonchev–Trinajstić information content (AvgIpc) is 2.43. The van der Waals surface area contributed by atoms with E-state index in [1.807, 2.05) is 0 Å². The average molecular weight is 348 g/mol. The lowest BCUT2D eigenvalue weighted by atomic mass is 9.96. The number of hydrogen-bond acceptors (Lipinski definition) is 10. The topological polar surface area (TPSA) is 135 Å². The summed E-state index contributed by atoms with van der Waals surface area (Å²) in [7, 11) is 0. The first-order valence-electron chi connectivity index (χ1n) is 7.06. The first-order valence-corrected chi connectivity index (χ1v) is 7.06. The van der Waals surface area contributed by atoms with Crippen molar-refractivity contribution in [2.24, 2.45) is 0 Å². The zero-order valence-electron chi connectivity index (χ0n) is 13.8. The summed E-state index contributed by atoms with van der Waals surface area (Å²) in [4.78, 5) is 44.9. The van der Waals surface area contributed by atoms with Gasteiger partial charge in [-0.25, -0.2) is 0 Å². The first-order chi connectivity index (χ1) is 11.0. The van der Waals surface area contributed by atoms with E-state index in [-0.39, 0.29) is 6.61 Å². The van der Waals surface area contributed by atoms with E-state index in [9.17, 15) is 24.3 Å². The number of carbonyl (C=O) groups is 4. The summed E-state index contributed by atoms with van der Waals surface area (Å²) in [6, 6.07) is 0. The molecule has 1 aliphatic rings. The minimum Gasteiger partial charge on any atom is -0.460 e. The molecule has 1 fully saturated rings. The molecule has 0 aromatic carbocycles. The fourth-order valence-corrected chi connectivity index (χ4v) is 2.17. The molecular weight excluding hydrogens is 328 g/mol. The van der Waals surface area contributed by atoms with Gasteiger partial charge in [0.05, 0.1) is 6.61 Å². The SMILES string of the molecule is CC(=O)OCC1(O)OCC(OC(C)=O)C(OC(C)=O)C1OC(C)=O. The van der Waals surface area contributed by atoms with Crippen molar-refractivity contribution in [3.05, 3.63) is 0 Å². The summed E-state index contributed by atoms with van der Waals surface area (Å²) in [5.41, 5.74) is 0. The van der Waals surface area contributed by atoms with Crippen LogP contribution in [0.1, 0.15) is 27.7 Å². The second-order valence-corrected chi connectivity index (χ2v) is 5.19. The molecule has 0 aromatic heterocycles. The quantitative estimate of drug-likeness (QED) is 0.490. The van der Waals surface area contributed by atoms with Gasteiger partial charge in [-0.3, -0.25) is 19.2 Å². The third-order valence-electron chi connectivity index (χ3n) is 3.00. The molecule has 0 saturated carbocycles. The van der Waals surface area contributed by atoms with Gasteiger partial charge in [-0.15, -0.1) is 0 Å². The Morgan fingerprint density at radius 1 is 0.958 bits per heavy atom. The van der Waals surface area contributed by atoms with Crippen LogP contribution >= 0.6 is 0 Å². The number of ether oxygens (including phenoxy) is 5. The Bertz CT molecular complexity index is 516. The molecule has 24 heavy (non-hydrogen) atoms. The molecule has 10 nitrogen and oxygen atoms in total. The monoisotopic (exact) mass is 348 g/mol. The molecular formula is C14H20O10. The van der Waals surface area contributed by atoms with Gasteiger partial charge in [0.1, 0.15) is 6.61 Å². The highest BCUT2D eigenvalue weighted by molar-refractivity contribution is 5.68. The maximum atomic E-state index is 11.4. The van der Waals surface area contributed by atoms with Crippen LogP contribution in [0.3, 0.4) is 0 Å². The Morgan fingerprint density at radius 2 is 1.50 bits per heavy atom. The predicted octanol–water partition coefficient (Wildman–Crippen LogP) is -0.937. The van der Waals surface area contributed by atoms with E-state index in [1.165, 1.54) is 0 Å². The van der Waals surface area contributed by atoms with Crippen LogP contribution in [0.5, 0.6) is 0 Å². The summed E-state index contributed by atoms with van der Waals surface area (Å²) >= 11 is 0. The number of aliphatic hydroxyl groups is 1. The van der Waals surface area contributed by atoms with E-state index in [1.54, 1.807) is 0 Å². The maximum absolute atomic E-state index is 11.4. The fraction of sp³-hybridized carbons (Fsp3) is 0.714. The zero-order chi connectivity index (χ0) is 18.5. The van der Waals surface area contributed by atoms with Crippen molar-refractivity contribution in [2.75, 3.05) is 13.2 Å². The molecule has 4 atom stereocenters. The molecule has 1 rings (SSSR count). The van der Waals surface area contributed by atoms with Crippen molar-refractivity contribution < 1.29 is 48.0 Å². The second-order valence-electron chi connectivity index (χ2n) is 5.19. The summed E-state index contributed by atoms with van der Waals surface area (Å²) in [6.07, 6.45) is -4.03. The van der Waals surface area contributed by atoms with E-state index in [2.05, 4.69) is 0 Å². The Labute approximate surface area is 137 Å². The largest absolute Gasteiger partial charge is 0.460 e. The van der Waals surface area contributed by atoms with Crippen molar-refractivity contribution in [3.63, 3.8) is 0 Å². The first kappa shape index (κ1) is 19.8. The molecule has 0 amide bonds. The molecule has 136 valence electrons. The number of hydrogen-bond donors (Lipinski definition) is 1. The minimum absolute atomic E-state index is 0.368. The predicted molar refractivity (Wildman–Crippen MR) is 74.2 cm³/mol. The van der Waals surface area contributed by atoms with Crippen molar-refractivity contribution >= 4 is 23.9 Å². The van der Waals surface area contributed by atoms with Crippen LogP contribution in [0.25, 0.3) is 0 Å². The van der Waals surface area contributed by atoms with E-state index >= 15 is 0 Å². The molecule has 1 saturated heterocycles. The summed E-state index contributed by atoms with van der Waals surface area (Å²) in [5.74, 6) is -5.24. The van der Waals surface area contributed by atoms with Gasteiger partial charge in [-0.2, -0.15) is 0 Å². The van der Waals surface area contributed by atoms with Gasteiger partial charge in [0.15, 0.2) is 18.3 Å². The highest BCUT2D eigenvalue weighted by Crippen LogP contribution is 2.31. The maximum Gasteiger partial charge on any atom is 0.303 e. The van der Waals surface area contributed by atoms with Crippen LogP contribution in [-0.4, -0.2) is 66.3 Å². The Balaban J connectivity index is 3.14. The zero-order valence-corrected chi connectivity index (χ0v) is 13.8. The third kappa shape index (κ3) is 5.46. The smallest absolute Gasteiger partial charge is 0.303 e. The standard InChI is InChI=1S/C14H20O10/c1-7(15)20-6-14(19)13(24-10(4)18)12(23-9(3)17)11(5-21-14)22-8(2)16/h11-13,19H,5-6H2,1-4H3. The van der Waals surface area contributed by atoms with Gasteiger partial charge in [0.2, 0.25) is 5.79 Å². The third-order valence-corrected chi connectivity index (χ3v) is 3.00. The summed E-state index contributed by atoms with van der Waals surface area (Å²) in [5, 5.41) is 10.6. The van der Waals surface area contributed by atoms with Crippen LogP contribution in [0.4, 0.5) is 0 Å². The van der Waals surface area contributed by atoms with Gasteiger partial charge < -0.3 is 28.8 Å². The molecule has 1 aliphatic heterocycles. The summed E-state index contributed by atoms with van der Waals surface area (Å²) < 4.78 is 24.9. The highest BCUT2D eigenvalue weighted by Gasteiger charge is 2.56. The Kier molecular flexibility index (Phi) is 6.67. The van der Waals surface area contributed by atoms with Crippen LogP contribution < -0.4 is 0 Å². The Hall–Kier alpha value is -2.20. The summed E-state index contributed by atoms with van der Waals surface area (Å²) in [6.45, 7) is 3.35. The van der Waals surface area contributed by atoms with E-state index < -0.39 is 54.6 Å². The van der Waals surface area contributed by atoms with Crippen LogP contribution in [0.2, 0.25) is 0 Å². The van der Waals surface area contributed by atoms with E-state index in [0.717, 1.165) is 27.7 Å². The molecule has 0 aliphatic carbocycles. The molecule has 4 unspecified atom stereocenters. The lowest BCUT2D eigenvalue weighted by Crippen LogP contribution is -2.65. The van der Waals surface area contributed by atoms with Crippen molar-refractivity contribution in [1.29, 1.82) is 0 Å². The van der Waals surface area contributed by atoms with E-state index in [0.29, 0.717) is 0 Å². The molecule has 0 aromatic rings. The number of esters is 4. The van der Waals surface area contributed by atoms with E-state index in [4.69, 9.17) is 23.7 Å². The number of rotatable bonds is 5. The van der Waals surface area contributed by atoms with Crippen molar-refractivity contribution in [3.8, 4) is 0 Å². The molecule has 10 heteroatoms. The molecule has 1 heterocycles. The van der Waals surface area contributed by atoms with Gasteiger partial charge in [-0.05, 0) is 0 Å². The lowest BCUT2D eigenvalue weighted by molar-refractivity contribution is -0.335. The minimum atomic E-state index is -2.27. The molecule has 1 N–H and O–H groups in total. The molecule has 0 radical (unpaired) electrons.